The average Bonchev–Trinajstić information content (AvgIpc) is 2.99. The van der Waals surface area contributed by atoms with Crippen LogP contribution in [-0.2, 0) is 11.2 Å². The van der Waals surface area contributed by atoms with Gasteiger partial charge in [-0.2, -0.15) is 0 Å². The SMILES string of the molecule is C[C@H]1Cc2ccccc2N1C(=O)CN1CCN(c2ccccn2)CC1. The number of carbonyl (C=O) groups excluding carboxylic acids is 1. The number of pyridine rings is 1. The summed E-state index contributed by atoms with van der Waals surface area (Å²) >= 11 is 0. The van der Waals surface area contributed by atoms with E-state index in [2.05, 4.69) is 39.9 Å². The average molecular weight is 336 g/mol. The Bertz CT molecular complexity index is 740. The largest absolute Gasteiger partial charge is 0.354 e. The lowest BCUT2D eigenvalue weighted by molar-refractivity contribution is -0.120. The van der Waals surface area contributed by atoms with Crippen LogP contribution >= 0.6 is 0 Å². The second-order valence-corrected chi connectivity index (χ2v) is 6.90. The van der Waals surface area contributed by atoms with E-state index in [1.54, 1.807) is 0 Å². The Kier molecular flexibility index (Phi) is 4.40. The molecule has 1 fully saturated rings. The van der Waals surface area contributed by atoms with E-state index in [9.17, 15) is 4.79 Å². The highest BCUT2D eigenvalue weighted by atomic mass is 16.2. The van der Waals surface area contributed by atoms with Crippen molar-refractivity contribution in [2.75, 3.05) is 42.5 Å². The van der Waals surface area contributed by atoms with E-state index in [-0.39, 0.29) is 11.9 Å². The van der Waals surface area contributed by atoms with Gasteiger partial charge in [0.2, 0.25) is 5.91 Å². The van der Waals surface area contributed by atoms with Crippen LogP contribution in [0.1, 0.15) is 12.5 Å². The van der Waals surface area contributed by atoms with Crippen LogP contribution in [0.4, 0.5) is 11.5 Å². The molecule has 2 aliphatic heterocycles. The number of aromatic nitrogens is 1. The summed E-state index contributed by atoms with van der Waals surface area (Å²) in [4.78, 5) is 23.8. The second kappa shape index (κ2) is 6.84. The fourth-order valence-corrected chi connectivity index (χ4v) is 3.89. The molecular formula is C20H24N4O. The van der Waals surface area contributed by atoms with Crippen LogP contribution in [0.3, 0.4) is 0 Å². The molecule has 0 spiro atoms. The lowest BCUT2D eigenvalue weighted by atomic mass is 10.1. The zero-order valence-electron chi connectivity index (χ0n) is 14.6. The molecule has 1 aromatic carbocycles. The Hall–Kier alpha value is -2.40. The molecule has 4 rings (SSSR count). The van der Waals surface area contributed by atoms with Crippen molar-refractivity contribution < 1.29 is 4.79 Å². The molecular weight excluding hydrogens is 312 g/mol. The van der Waals surface area contributed by atoms with Crippen molar-refractivity contribution in [3.05, 3.63) is 54.2 Å². The number of fused-ring (bicyclic) bond motifs is 1. The molecule has 5 heteroatoms. The minimum atomic E-state index is 0.212. The highest BCUT2D eigenvalue weighted by molar-refractivity contribution is 5.97. The van der Waals surface area contributed by atoms with Gasteiger partial charge in [0.05, 0.1) is 6.54 Å². The standard InChI is InChI=1S/C20H24N4O/c1-16-14-17-6-2-3-7-18(17)24(16)20(25)15-22-10-12-23(13-11-22)19-8-4-5-9-21-19/h2-9,16H,10-15H2,1H3/t16-/m0/s1. The molecule has 3 heterocycles. The molecule has 25 heavy (non-hydrogen) atoms. The lowest BCUT2D eigenvalue weighted by Crippen LogP contribution is -2.51. The second-order valence-electron chi connectivity index (χ2n) is 6.90. The molecule has 5 nitrogen and oxygen atoms in total. The first-order valence-electron chi connectivity index (χ1n) is 9.00. The molecule has 0 bridgehead atoms. The summed E-state index contributed by atoms with van der Waals surface area (Å²) < 4.78 is 0. The van der Waals surface area contributed by atoms with E-state index in [4.69, 9.17) is 0 Å². The number of hydrogen-bond acceptors (Lipinski definition) is 4. The van der Waals surface area contributed by atoms with Gasteiger partial charge in [-0.15, -0.1) is 0 Å². The van der Waals surface area contributed by atoms with Gasteiger partial charge in [0, 0.05) is 44.1 Å². The summed E-state index contributed by atoms with van der Waals surface area (Å²) in [6.45, 7) is 6.25. The van der Waals surface area contributed by atoms with E-state index in [0.717, 1.165) is 44.1 Å². The summed E-state index contributed by atoms with van der Waals surface area (Å²) in [6, 6.07) is 14.5. The Morgan fingerprint density at radius 3 is 2.60 bits per heavy atom. The molecule has 2 aliphatic rings. The van der Waals surface area contributed by atoms with E-state index < -0.39 is 0 Å². The molecule has 0 N–H and O–H groups in total. The topological polar surface area (TPSA) is 39.7 Å². The number of hydrogen-bond donors (Lipinski definition) is 0. The summed E-state index contributed by atoms with van der Waals surface area (Å²) in [5, 5.41) is 0. The van der Waals surface area contributed by atoms with Crippen molar-refractivity contribution in [2.45, 2.75) is 19.4 Å². The fourth-order valence-electron chi connectivity index (χ4n) is 3.89. The molecule has 0 saturated carbocycles. The van der Waals surface area contributed by atoms with Gasteiger partial charge in [0.25, 0.3) is 0 Å². The maximum atomic E-state index is 12.9. The maximum Gasteiger partial charge on any atom is 0.241 e. The van der Waals surface area contributed by atoms with Gasteiger partial charge in [0.15, 0.2) is 0 Å². The Balaban J connectivity index is 1.37. The monoisotopic (exact) mass is 336 g/mol. The molecule has 2 aromatic rings. The van der Waals surface area contributed by atoms with Crippen molar-refractivity contribution >= 4 is 17.4 Å². The number of carbonyl (C=O) groups is 1. The summed E-state index contributed by atoms with van der Waals surface area (Å²) in [7, 11) is 0. The summed E-state index contributed by atoms with van der Waals surface area (Å²) in [5.41, 5.74) is 2.37. The fraction of sp³-hybridized carbons (Fsp3) is 0.400. The molecule has 1 amide bonds. The molecule has 0 radical (unpaired) electrons. The van der Waals surface area contributed by atoms with Crippen molar-refractivity contribution in [1.29, 1.82) is 0 Å². The maximum absolute atomic E-state index is 12.9. The minimum Gasteiger partial charge on any atom is -0.354 e. The van der Waals surface area contributed by atoms with Crippen LogP contribution in [0.15, 0.2) is 48.7 Å². The molecule has 0 unspecified atom stereocenters. The van der Waals surface area contributed by atoms with E-state index in [1.807, 2.05) is 35.4 Å². The van der Waals surface area contributed by atoms with Gasteiger partial charge in [-0.1, -0.05) is 24.3 Å². The number of piperazine rings is 1. The van der Waals surface area contributed by atoms with Gasteiger partial charge in [-0.3, -0.25) is 9.69 Å². The van der Waals surface area contributed by atoms with E-state index in [0.29, 0.717) is 6.54 Å². The van der Waals surface area contributed by atoms with Crippen LogP contribution in [0.5, 0.6) is 0 Å². The third-order valence-electron chi connectivity index (χ3n) is 5.18. The van der Waals surface area contributed by atoms with Gasteiger partial charge in [-0.05, 0) is 37.1 Å². The Morgan fingerprint density at radius 1 is 1.08 bits per heavy atom. The van der Waals surface area contributed by atoms with E-state index >= 15 is 0 Å². The zero-order chi connectivity index (χ0) is 17.2. The third-order valence-corrected chi connectivity index (χ3v) is 5.18. The zero-order valence-corrected chi connectivity index (χ0v) is 14.6. The Morgan fingerprint density at radius 2 is 1.84 bits per heavy atom. The van der Waals surface area contributed by atoms with Gasteiger partial charge in [0.1, 0.15) is 5.82 Å². The highest BCUT2D eigenvalue weighted by Crippen LogP contribution is 2.31. The number of rotatable bonds is 3. The van der Waals surface area contributed by atoms with Crippen molar-refractivity contribution in [3.63, 3.8) is 0 Å². The third kappa shape index (κ3) is 3.24. The first-order chi connectivity index (χ1) is 12.2. The summed E-state index contributed by atoms with van der Waals surface area (Å²) in [6.07, 6.45) is 2.78. The van der Waals surface area contributed by atoms with Gasteiger partial charge >= 0.3 is 0 Å². The molecule has 1 atom stereocenters. The van der Waals surface area contributed by atoms with Crippen molar-refractivity contribution in [2.24, 2.45) is 0 Å². The van der Waals surface area contributed by atoms with Crippen LogP contribution < -0.4 is 9.80 Å². The van der Waals surface area contributed by atoms with Crippen LogP contribution in [0.2, 0.25) is 0 Å². The number of para-hydroxylation sites is 1. The first-order valence-corrected chi connectivity index (χ1v) is 9.00. The van der Waals surface area contributed by atoms with Crippen LogP contribution in [-0.4, -0.2) is 54.6 Å². The lowest BCUT2D eigenvalue weighted by Gasteiger charge is -2.36. The predicted molar refractivity (Wildman–Crippen MR) is 100.0 cm³/mol. The number of amides is 1. The number of nitrogens with zero attached hydrogens (tertiary/aromatic N) is 4. The Labute approximate surface area is 148 Å². The van der Waals surface area contributed by atoms with E-state index in [1.165, 1.54) is 5.56 Å². The molecule has 130 valence electrons. The normalized spacial score (nSPS) is 20.6. The smallest absolute Gasteiger partial charge is 0.241 e. The van der Waals surface area contributed by atoms with Gasteiger partial charge < -0.3 is 9.80 Å². The predicted octanol–water partition coefficient (Wildman–Crippen LogP) is 2.18. The highest BCUT2D eigenvalue weighted by Gasteiger charge is 2.31. The van der Waals surface area contributed by atoms with Crippen LogP contribution in [0.25, 0.3) is 0 Å². The minimum absolute atomic E-state index is 0.212. The first kappa shape index (κ1) is 16.1. The molecule has 0 aliphatic carbocycles. The number of anilines is 2. The van der Waals surface area contributed by atoms with Gasteiger partial charge in [-0.25, -0.2) is 4.98 Å². The molecule has 1 aromatic heterocycles. The van der Waals surface area contributed by atoms with Crippen molar-refractivity contribution in [1.82, 2.24) is 9.88 Å². The summed E-state index contributed by atoms with van der Waals surface area (Å²) in [5.74, 6) is 1.24. The van der Waals surface area contributed by atoms with Crippen molar-refractivity contribution in [3.8, 4) is 0 Å². The number of benzene rings is 1. The quantitative estimate of drug-likeness (QED) is 0.861. The van der Waals surface area contributed by atoms with Crippen LogP contribution in [0, 0.1) is 0 Å². The molecule has 1 saturated heterocycles.